The van der Waals surface area contributed by atoms with Gasteiger partial charge in [0.05, 0.1) is 12.6 Å². The highest BCUT2D eigenvalue weighted by Gasteiger charge is 2.26. The fraction of sp³-hybridized carbons (Fsp3) is 0.478. The number of carbonyl (C=O) groups is 2. The first-order valence-corrected chi connectivity index (χ1v) is 10.6. The number of nitrogens with zero attached hydrogens (tertiary/aromatic N) is 2. The maximum atomic E-state index is 12.7. The van der Waals surface area contributed by atoms with E-state index >= 15 is 0 Å². The highest BCUT2D eigenvalue weighted by molar-refractivity contribution is 5.97. The van der Waals surface area contributed by atoms with Crippen LogP contribution in [0.3, 0.4) is 0 Å². The number of carbonyl (C=O) groups excluding carboxylic acids is 2. The van der Waals surface area contributed by atoms with E-state index in [1.54, 1.807) is 0 Å². The molecule has 0 spiro atoms. The van der Waals surface area contributed by atoms with Crippen molar-refractivity contribution in [3.8, 4) is 0 Å². The van der Waals surface area contributed by atoms with E-state index in [0.29, 0.717) is 6.54 Å². The molecular formula is C23H32N4O2. The van der Waals surface area contributed by atoms with Gasteiger partial charge in [0, 0.05) is 38.4 Å². The molecule has 0 aliphatic carbocycles. The molecule has 1 saturated heterocycles. The zero-order chi connectivity index (χ0) is 20.6. The molecule has 1 aliphatic heterocycles. The van der Waals surface area contributed by atoms with Crippen LogP contribution in [0.4, 0.5) is 5.69 Å². The van der Waals surface area contributed by atoms with Crippen LogP contribution in [-0.4, -0.2) is 66.9 Å². The molecule has 2 aromatic carbocycles. The molecule has 6 nitrogen and oxygen atoms in total. The molecule has 1 fully saturated rings. The van der Waals surface area contributed by atoms with E-state index in [1.165, 1.54) is 0 Å². The van der Waals surface area contributed by atoms with Gasteiger partial charge in [-0.2, -0.15) is 0 Å². The third-order valence-corrected chi connectivity index (χ3v) is 5.57. The molecular weight excluding hydrogens is 364 g/mol. The number of fused-ring (bicyclic) bond motifs is 1. The zero-order valence-corrected chi connectivity index (χ0v) is 17.5. The lowest BCUT2D eigenvalue weighted by Crippen LogP contribution is -2.54. The van der Waals surface area contributed by atoms with Crippen molar-refractivity contribution >= 4 is 28.3 Å². The first kappa shape index (κ1) is 21.3. The lowest BCUT2D eigenvalue weighted by molar-refractivity contribution is -0.124. The van der Waals surface area contributed by atoms with Gasteiger partial charge in [0.15, 0.2) is 0 Å². The Kier molecular flexibility index (Phi) is 7.61. The molecule has 0 saturated carbocycles. The van der Waals surface area contributed by atoms with Crippen molar-refractivity contribution in [2.24, 2.45) is 0 Å². The van der Waals surface area contributed by atoms with E-state index in [1.807, 2.05) is 43.3 Å². The standard InChI is InChI=1S/C23H32N4O2/c1-3-4-11-24-22(28)17-26-12-14-27(15-13-26)18(2)23(29)25-21-10-9-19-7-5-6-8-20(19)16-21/h5-10,16,18H,3-4,11-15,17H2,1-2H3,(H,24,28)(H,25,29)/t18-/m0/s1. The summed E-state index contributed by atoms with van der Waals surface area (Å²) in [7, 11) is 0. The Balaban J connectivity index is 1.46. The predicted molar refractivity (Wildman–Crippen MR) is 118 cm³/mol. The number of benzene rings is 2. The summed E-state index contributed by atoms with van der Waals surface area (Å²) in [6, 6.07) is 13.9. The number of piperazine rings is 1. The van der Waals surface area contributed by atoms with E-state index in [-0.39, 0.29) is 17.9 Å². The van der Waals surface area contributed by atoms with Gasteiger partial charge in [-0.25, -0.2) is 0 Å². The number of rotatable bonds is 8. The minimum atomic E-state index is -0.206. The maximum Gasteiger partial charge on any atom is 0.241 e. The van der Waals surface area contributed by atoms with Crippen molar-refractivity contribution in [1.29, 1.82) is 0 Å². The van der Waals surface area contributed by atoms with Gasteiger partial charge in [-0.3, -0.25) is 19.4 Å². The minimum absolute atomic E-state index is 0.00559. The third kappa shape index (κ3) is 6.02. The van der Waals surface area contributed by atoms with Gasteiger partial charge in [0.2, 0.25) is 11.8 Å². The van der Waals surface area contributed by atoms with Crippen molar-refractivity contribution in [1.82, 2.24) is 15.1 Å². The Bertz CT molecular complexity index is 830. The first-order valence-electron chi connectivity index (χ1n) is 10.6. The molecule has 29 heavy (non-hydrogen) atoms. The monoisotopic (exact) mass is 396 g/mol. The van der Waals surface area contributed by atoms with Crippen molar-refractivity contribution in [3.05, 3.63) is 42.5 Å². The summed E-state index contributed by atoms with van der Waals surface area (Å²) >= 11 is 0. The van der Waals surface area contributed by atoms with Crippen LogP contribution >= 0.6 is 0 Å². The van der Waals surface area contributed by atoms with Crippen LogP contribution in [0.5, 0.6) is 0 Å². The summed E-state index contributed by atoms with van der Waals surface area (Å²) in [5, 5.41) is 8.28. The topological polar surface area (TPSA) is 64.7 Å². The van der Waals surface area contributed by atoms with Gasteiger partial charge in [-0.15, -0.1) is 0 Å². The van der Waals surface area contributed by atoms with Gasteiger partial charge in [-0.05, 0) is 36.2 Å². The van der Waals surface area contributed by atoms with Gasteiger partial charge in [-0.1, -0.05) is 43.7 Å². The molecule has 1 heterocycles. The minimum Gasteiger partial charge on any atom is -0.355 e. The van der Waals surface area contributed by atoms with E-state index in [9.17, 15) is 9.59 Å². The molecule has 6 heteroatoms. The van der Waals surface area contributed by atoms with Crippen LogP contribution in [0.15, 0.2) is 42.5 Å². The second-order valence-electron chi connectivity index (χ2n) is 7.74. The Morgan fingerprint density at radius 2 is 1.76 bits per heavy atom. The van der Waals surface area contributed by atoms with Crippen molar-refractivity contribution in [2.75, 3.05) is 44.6 Å². The van der Waals surface area contributed by atoms with Gasteiger partial charge < -0.3 is 10.6 Å². The van der Waals surface area contributed by atoms with Crippen LogP contribution < -0.4 is 10.6 Å². The largest absolute Gasteiger partial charge is 0.355 e. The van der Waals surface area contributed by atoms with Gasteiger partial charge in [0.25, 0.3) is 0 Å². The molecule has 0 aromatic heterocycles. The predicted octanol–water partition coefficient (Wildman–Crippen LogP) is 2.70. The number of hydrogen-bond acceptors (Lipinski definition) is 4. The van der Waals surface area contributed by atoms with E-state index < -0.39 is 0 Å². The Morgan fingerprint density at radius 1 is 1.03 bits per heavy atom. The Hall–Kier alpha value is -2.44. The molecule has 1 atom stereocenters. The lowest BCUT2D eigenvalue weighted by Gasteiger charge is -2.37. The Labute approximate surface area is 173 Å². The number of unbranched alkanes of at least 4 members (excludes halogenated alkanes) is 1. The summed E-state index contributed by atoms with van der Waals surface area (Å²) in [6.07, 6.45) is 2.10. The van der Waals surface area contributed by atoms with Gasteiger partial charge >= 0.3 is 0 Å². The molecule has 0 radical (unpaired) electrons. The number of amides is 2. The second kappa shape index (κ2) is 10.4. The molecule has 0 unspecified atom stereocenters. The average Bonchev–Trinajstić information content (AvgIpc) is 2.74. The van der Waals surface area contributed by atoms with Crippen LogP contribution in [0.25, 0.3) is 10.8 Å². The molecule has 2 amide bonds. The fourth-order valence-corrected chi connectivity index (χ4v) is 3.65. The maximum absolute atomic E-state index is 12.7. The zero-order valence-electron chi connectivity index (χ0n) is 17.5. The SMILES string of the molecule is CCCCNC(=O)CN1CCN([C@@H](C)C(=O)Nc2ccc3ccccc3c2)CC1. The van der Waals surface area contributed by atoms with Crippen LogP contribution in [0, 0.1) is 0 Å². The summed E-state index contributed by atoms with van der Waals surface area (Å²) in [6.45, 7) is 8.43. The van der Waals surface area contributed by atoms with Gasteiger partial charge in [0.1, 0.15) is 0 Å². The normalized spacial score (nSPS) is 16.5. The third-order valence-electron chi connectivity index (χ3n) is 5.57. The first-order chi connectivity index (χ1) is 14.1. The lowest BCUT2D eigenvalue weighted by atomic mass is 10.1. The average molecular weight is 397 g/mol. The second-order valence-corrected chi connectivity index (χ2v) is 7.74. The molecule has 1 aliphatic rings. The van der Waals surface area contributed by atoms with Crippen molar-refractivity contribution in [2.45, 2.75) is 32.7 Å². The number of anilines is 1. The van der Waals surface area contributed by atoms with E-state index in [2.05, 4.69) is 33.4 Å². The van der Waals surface area contributed by atoms with Crippen LogP contribution in [-0.2, 0) is 9.59 Å². The summed E-state index contributed by atoms with van der Waals surface area (Å²) in [5.74, 6) is 0.0973. The number of nitrogens with one attached hydrogen (secondary N) is 2. The van der Waals surface area contributed by atoms with E-state index in [4.69, 9.17) is 0 Å². The van der Waals surface area contributed by atoms with E-state index in [0.717, 1.165) is 62.0 Å². The van der Waals surface area contributed by atoms with Crippen LogP contribution in [0.1, 0.15) is 26.7 Å². The Morgan fingerprint density at radius 3 is 2.48 bits per heavy atom. The molecule has 156 valence electrons. The molecule has 2 N–H and O–H groups in total. The molecule has 0 bridgehead atoms. The smallest absolute Gasteiger partial charge is 0.241 e. The highest BCUT2D eigenvalue weighted by atomic mass is 16.2. The fourth-order valence-electron chi connectivity index (χ4n) is 3.65. The quantitative estimate of drug-likeness (QED) is 0.674. The molecule has 3 rings (SSSR count). The summed E-state index contributed by atoms with van der Waals surface area (Å²) in [5.41, 5.74) is 0.822. The highest BCUT2D eigenvalue weighted by Crippen LogP contribution is 2.19. The van der Waals surface area contributed by atoms with Crippen LogP contribution in [0.2, 0.25) is 0 Å². The van der Waals surface area contributed by atoms with Crippen molar-refractivity contribution < 1.29 is 9.59 Å². The summed E-state index contributed by atoms with van der Waals surface area (Å²) in [4.78, 5) is 29.0. The van der Waals surface area contributed by atoms with Crippen molar-refractivity contribution in [3.63, 3.8) is 0 Å². The number of hydrogen-bond donors (Lipinski definition) is 2. The summed E-state index contributed by atoms with van der Waals surface area (Å²) < 4.78 is 0. The molecule has 2 aromatic rings.